The summed E-state index contributed by atoms with van der Waals surface area (Å²) in [6.07, 6.45) is 7.12. The van der Waals surface area contributed by atoms with Gasteiger partial charge in [0.2, 0.25) is 0 Å². The molecule has 1 aliphatic carbocycles. The van der Waals surface area contributed by atoms with Crippen molar-refractivity contribution in [2.75, 3.05) is 6.54 Å². The first-order valence-electron chi connectivity index (χ1n) is 7.94. The highest BCUT2D eigenvalue weighted by molar-refractivity contribution is 7.10. The van der Waals surface area contributed by atoms with Crippen LogP contribution in [0.2, 0.25) is 0 Å². The predicted octanol–water partition coefficient (Wildman–Crippen LogP) is 4.20. The molecule has 1 aromatic rings. The highest BCUT2D eigenvalue weighted by Crippen LogP contribution is 2.52. The van der Waals surface area contributed by atoms with Gasteiger partial charge in [0.1, 0.15) is 5.60 Å². The summed E-state index contributed by atoms with van der Waals surface area (Å²) in [5, 5.41) is 13.4. The van der Waals surface area contributed by atoms with Crippen molar-refractivity contribution in [1.29, 1.82) is 0 Å². The van der Waals surface area contributed by atoms with E-state index in [9.17, 15) is 5.11 Å². The SMILES string of the molecule is CCCC1CCC(CN)(C(C)(O)c2sccc2C)CC1. The summed E-state index contributed by atoms with van der Waals surface area (Å²) in [6.45, 7) is 6.91. The molecule has 2 nitrogen and oxygen atoms in total. The molecule has 0 saturated heterocycles. The Morgan fingerprint density at radius 3 is 2.55 bits per heavy atom. The molecule has 0 aromatic carbocycles. The maximum Gasteiger partial charge on any atom is 0.103 e. The minimum Gasteiger partial charge on any atom is -0.384 e. The van der Waals surface area contributed by atoms with E-state index in [1.165, 1.54) is 31.2 Å². The molecule has 1 aromatic heterocycles. The molecule has 1 atom stereocenters. The molecule has 0 bridgehead atoms. The molecular formula is C17H29NOS. The lowest BCUT2D eigenvalue weighted by Crippen LogP contribution is -2.50. The molecule has 3 heteroatoms. The lowest BCUT2D eigenvalue weighted by molar-refractivity contribution is -0.0961. The molecule has 1 saturated carbocycles. The van der Waals surface area contributed by atoms with Gasteiger partial charge in [0, 0.05) is 16.8 Å². The van der Waals surface area contributed by atoms with E-state index in [2.05, 4.69) is 25.3 Å². The van der Waals surface area contributed by atoms with Crippen LogP contribution in [-0.2, 0) is 5.60 Å². The number of nitrogens with two attached hydrogens (primary N) is 1. The second kappa shape index (κ2) is 6.17. The number of aliphatic hydroxyl groups is 1. The Morgan fingerprint density at radius 2 is 2.10 bits per heavy atom. The molecule has 0 amide bonds. The van der Waals surface area contributed by atoms with E-state index < -0.39 is 5.60 Å². The third kappa shape index (κ3) is 2.68. The standard InChI is InChI=1S/C17H29NOS/c1-4-5-14-6-9-17(12-18,10-7-14)16(3,19)15-13(2)8-11-20-15/h8,11,14,19H,4-7,9-10,12,18H2,1-3H3. The second-order valence-electron chi connectivity index (χ2n) is 6.72. The Balaban J connectivity index is 2.22. The van der Waals surface area contributed by atoms with Crippen LogP contribution in [0.5, 0.6) is 0 Å². The topological polar surface area (TPSA) is 46.2 Å². The van der Waals surface area contributed by atoms with Crippen molar-refractivity contribution in [3.8, 4) is 0 Å². The predicted molar refractivity (Wildman–Crippen MR) is 87.0 cm³/mol. The van der Waals surface area contributed by atoms with Gasteiger partial charge in [-0.3, -0.25) is 0 Å². The summed E-state index contributed by atoms with van der Waals surface area (Å²) in [7, 11) is 0. The fraction of sp³-hybridized carbons (Fsp3) is 0.765. The van der Waals surface area contributed by atoms with Crippen molar-refractivity contribution < 1.29 is 5.11 Å². The largest absolute Gasteiger partial charge is 0.384 e. The molecule has 20 heavy (non-hydrogen) atoms. The summed E-state index contributed by atoms with van der Waals surface area (Å²) in [5.41, 5.74) is 6.40. The van der Waals surface area contributed by atoms with Gasteiger partial charge >= 0.3 is 0 Å². The molecular weight excluding hydrogens is 266 g/mol. The molecule has 1 fully saturated rings. The van der Waals surface area contributed by atoms with E-state index in [0.717, 1.165) is 23.6 Å². The fourth-order valence-corrected chi connectivity index (χ4v) is 5.04. The zero-order valence-electron chi connectivity index (χ0n) is 13.1. The molecule has 0 spiro atoms. The normalized spacial score (nSPS) is 30.1. The van der Waals surface area contributed by atoms with Gasteiger partial charge in [-0.15, -0.1) is 11.3 Å². The quantitative estimate of drug-likeness (QED) is 0.855. The first-order valence-corrected chi connectivity index (χ1v) is 8.82. The first-order chi connectivity index (χ1) is 9.47. The molecule has 1 aliphatic rings. The van der Waals surface area contributed by atoms with Crippen LogP contribution in [0, 0.1) is 18.3 Å². The van der Waals surface area contributed by atoms with Crippen LogP contribution >= 0.6 is 11.3 Å². The third-order valence-electron chi connectivity index (χ3n) is 5.49. The van der Waals surface area contributed by atoms with Crippen molar-refractivity contribution in [2.24, 2.45) is 17.1 Å². The van der Waals surface area contributed by atoms with E-state index >= 15 is 0 Å². The Hall–Kier alpha value is -0.380. The third-order valence-corrected chi connectivity index (χ3v) is 6.71. The monoisotopic (exact) mass is 295 g/mol. The number of hydrogen-bond donors (Lipinski definition) is 2. The lowest BCUT2D eigenvalue weighted by Gasteiger charge is -2.49. The molecule has 0 aliphatic heterocycles. The molecule has 3 N–H and O–H groups in total. The van der Waals surface area contributed by atoms with Gasteiger partial charge < -0.3 is 10.8 Å². The van der Waals surface area contributed by atoms with Crippen LogP contribution in [0.1, 0.15) is 62.8 Å². The number of hydrogen-bond acceptors (Lipinski definition) is 3. The number of rotatable bonds is 5. The zero-order chi connectivity index (χ0) is 14.8. The van der Waals surface area contributed by atoms with Gasteiger partial charge in [0.05, 0.1) is 0 Å². The van der Waals surface area contributed by atoms with Gasteiger partial charge in [-0.05, 0) is 62.5 Å². The van der Waals surface area contributed by atoms with Crippen molar-refractivity contribution in [2.45, 2.75) is 64.9 Å². The lowest BCUT2D eigenvalue weighted by atomic mass is 9.60. The highest BCUT2D eigenvalue weighted by Gasteiger charge is 2.49. The van der Waals surface area contributed by atoms with Gasteiger partial charge in [0.15, 0.2) is 0 Å². The molecule has 2 rings (SSSR count). The van der Waals surface area contributed by atoms with E-state index in [0.29, 0.717) is 6.54 Å². The maximum atomic E-state index is 11.3. The Labute approximate surface area is 127 Å². The number of thiophene rings is 1. The molecule has 114 valence electrons. The van der Waals surface area contributed by atoms with Crippen molar-refractivity contribution >= 4 is 11.3 Å². The van der Waals surface area contributed by atoms with E-state index in [4.69, 9.17) is 5.73 Å². The van der Waals surface area contributed by atoms with Crippen molar-refractivity contribution in [3.63, 3.8) is 0 Å². The van der Waals surface area contributed by atoms with Crippen molar-refractivity contribution in [1.82, 2.24) is 0 Å². The molecule has 0 radical (unpaired) electrons. The average molecular weight is 295 g/mol. The second-order valence-corrected chi connectivity index (χ2v) is 7.64. The Kier molecular flexibility index (Phi) is 4.93. The molecule has 1 unspecified atom stereocenters. The summed E-state index contributed by atoms with van der Waals surface area (Å²) >= 11 is 1.67. The van der Waals surface area contributed by atoms with Crippen LogP contribution in [0.3, 0.4) is 0 Å². The van der Waals surface area contributed by atoms with E-state index in [1.807, 2.05) is 6.92 Å². The zero-order valence-corrected chi connectivity index (χ0v) is 13.9. The minimum atomic E-state index is -0.794. The number of aryl methyl sites for hydroxylation is 1. The van der Waals surface area contributed by atoms with Crippen LogP contribution in [-0.4, -0.2) is 11.7 Å². The Bertz CT molecular complexity index is 430. The van der Waals surface area contributed by atoms with Gasteiger partial charge in [-0.1, -0.05) is 19.8 Å². The van der Waals surface area contributed by atoms with E-state index in [1.54, 1.807) is 11.3 Å². The first kappa shape index (κ1) is 16.0. The van der Waals surface area contributed by atoms with Crippen LogP contribution in [0.4, 0.5) is 0 Å². The van der Waals surface area contributed by atoms with Crippen LogP contribution < -0.4 is 5.73 Å². The summed E-state index contributed by atoms with van der Waals surface area (Å²) in [6, 6.07) is 2.10. The summed E-state index contributed by atoms with van der Waals surface area (Å²) < 4.78 is 0. The van der Waals surface area contributed by atoms with Crippen LogP contribution in [0.15, 0.2) is 11.4 Å². The smallest absolute Gasteiger partial charge is 0.103 e. The maximum absolute atomic E-state index is 11.3. The van der Waals surface area contributed by atoms with E-state index in [-0.39, 0.29) is 5.41 Å². The Morgan fingerprint density at radius 1 is 1.45 bits per heavy atom. The summed E-state index contributed by atoms with van der Waals surface area (Å²) in [5.74, 6) is 0.833. The van der Waals surface area contributed by atoms with Crippen molar-refractivity contribution in [3.05, 3.63) is 21.9 Å². The minimum absolute atomic E-state index is 0.146. The van der Waals surface area contributed by atoms with Gasteiger partial charge in [-0.2, -0.15) is 0 Å². The highest BCUT2D eigenvalue weighted by atomic mass is 32.1. The molecule has 1 heterocycles. The fourth-order valence-electron chi connectivity index (χ4n) is 3.93. The summed E-state index contributed by atoms with van der Waals surface area (Å²) in [4.78, 5) is 1.11. The van der Waals surface area contributed by atoms with Gasteiger partial charge in [0.25, 0.3) is 0 Å². The van der Waals surface area contributed by atoms with Crippen LogP contribution in [0.25, 0.3) is 0 Å². The van der Waals surface area contributed by atoms with Gasteiger partial charge in [-0.25, -0.2) is 0 Å². The average Bonchev–Trinajstić information content (AvgIpc) is 2.87.